The van der Waals surface area contributed by atoms with Crippen molar-refractivity contribution in [2.24, 2.45) is 0 Å². The first-order chi connectivity index (χ1) is 15.4. The largest absolute Gasteiger partial charge is 0.497 e. The van der Waals surface area contributed by atoms with E-state index in [1.807, 2.05) is 0 Å². The summed E-state index contributed by atoms with van der Waals surface area (Å²) in [6, 6.07) is 10.5. The minimum atomic E-state index is -3.76. The van der Waals surface area contributed by atoms with Gasteiger partial charge in [0.05, 0.1) is 19.1 Å². The molecule has 0 atom stereocenters. The maximum Gasteiger partial charge on any atom is 0.342 e. The number of nitrogens with zero attached hydrogens (tertiary/aromatic N) is 1. The standard InChI is InChI=1S/C23H27NO7S/c1-29-18-9-7-17(8-10-18)21(25)16-31-23(26)20-15-19(11-12-22(20)30-2)32(27,28)24-13-5-3-4-6-14-24/h7-12,15H,3-6,13-14,16H2,1-2H3. The molecule has 2 aromatic carbocycles. The average molecular weight is 462 g/mol. The topological polar surface area (TPSA) is 99.2 Å². The van der Waals surface area contributed by atoms with Crippen molar-refractivity contribution in [2.75, 3.05) is 33.9 Å². The minimum Gasteiger partial charge on any atom is -0.497 e. The van der Waals surface area contributed by atoms with Crippen LogP contribution in [0.1, 0.15) is 46.4 Å². The maximum atomic E-state index is 13.1. The smallest absolute Gasteiger partial charge is 0.342 e. The predicted molar refractivity (Wildman–Crippen MR) is 118 cm³/mol. The molecule has 9 heteroatoms. The summed E-state index contributed by atoms with van der Waals surface area (Å²) in [6.45, 7) is 0.409. The fourth-order valence-corrected chi connectivity index (χ4v) is 5.05. The third kappa shape index (κ3) is 5.46. The summed E-state index contributed by atoms with van der Waals surface area (Å²) in [5.41, 5.74) is 0.314. The summed E-state index contributed by atoms with van der Waals surface area (Å²) in [5, 5.41) is 0. The van der Waals surface area contributed by atoms with E-state index < -0.39 is 28.4 Å². The second kappa shape index (κ2) is 10.6. The van der Waals surface area contributed by atoms with Crippen LogP contribution < -0.4 is 9.47 Å². The van der Waals surface area contributed by atoms with Gasteiger partial charge >= 0.3 is 5.97 Å². The Morgan fingerprint density at radius 1 is 0.906 bits per heavy atom. The van der Waals surface area contributed by atoms with Crippen LogP contribution >= 0.6 is 0 Å². The zero-order chi connectivity index (χ0) is 23.1. The Morgan fingerprint density at radius 2 is 1.56 bits per heavy atom. The van der Waals surface area contributed by atoms with Gasteiger partial charge in [-0.1, -0.05) is 12.8 Å². The van der Waals surface area contributed by atoms with Gasteiger partial charge in [0, 0.05) is 18.7 Å². The third-order valence-corrected chi connectivity index (χ3v) is 7.23. The molecule has 0 saturated carbocycles. The highest BCUT2D eigenvalue weighted by atomic mass is 32.2. The lowest BCUT2D eigenvalue weighted by Gasteiger charge is -2.20. The fourth-order valence-electron chi connectivity index (χ4n) is 3.51. The second-order valence-corrected chi connectivity index (χ2v) is 9.35. The van der Waals surface area contributed by atoms with E-state index in [1.54, 1.807) is 24.3 Å². The average Bonchev–Trinajstić information content (AvgIpc) is 3.12. The molecular weight excluding hydrogens is 434 g/mol. The van der Waals surface area contributed by atoms with Gasteiger partial charge in [-0.2, -0.15) is 4.31 Å². The molecule has 0 amide bonds. The second-order valence-electron chi connectivity index (χ2n) is 7.41. The molecule has 0 aromatic heterocycles. The van der Waals surface area contributed by atoms with Crippen molar-refractivity contribution in [1.82, 2.24) is 4.31 Å². The van der Waals surface area contributed by atoms with Gasteiger partial charge in [0.2, 0.25) is 10.0 Å². The van der Waals surface area contributed by atoms with Gasteiger partial charge in [-0.05, 0) is 55.3 Å². The van der Waals surface area contributed by atoms with Crippen LogP contribution in [0.3, 0.4) is 0 Å². The Kier molecular flexibility index (Phi) is 7.87. The Morgan fingerprint density at radius 3 is 2.16 bits per heavy atom. The Bertz CT molecular complexity index is 1060. The molecule has 32 heavy (non-hydrogen) atoms. The third-order valence-electron chi connectivity index (χ3n) is 5.34. The van der Waals surface area contributed by atoms with Gasteiger partial charge in [-0.15, -0.1) is 0 Å². The molecule has 0 aliphatic carbocycles. The molecule has 0 N–H and O–H groups in total. The van der Waals surface area contributed by atoms with Gasteiger partial charge in [0.25, 0.3) is 0 Å². The van der Waals surface area contributed by atoms with E-state index >= 15 is 0 Å². The molecule has 1 saturated heterocycles. The Hall–Kier alpha value is -2.91. The van der Waals surface area contributed by atoms with Crippen molar-refractivity contribution in [3.05, 3.63) is 53.6 Å². The summed E-state index contributed by atoms with van der Waals surface area (Å²) in [5.74, 6) is -0.461. The van der Waals surface area contributed by atoms with Gasteiger partial charge in [-0.25, -0.2) is 13.2 Å². The molecule has 8 nitrogen and oxygen atoms in total. The van der Waals surface area contributed by atoms with Crippen molar-refractivity contribution in [1.29, 1.82) is 0 Å². The van der Waals surface area contributed by atoms with E-state index in [-0.39, 0.29) is 16.2 Å². The number of hydrogen-bond donors (Lipinski definition) is 0. The lowest BCUT2D eigenvalue weighted by molar-refractivity contribution is 0.0471. The zero-order valence-electron chi connectivity index (χ0n) is 18.2. The predicted octanol–water partition coefficient (Wildman–Crippen LogP) is 3.31. The van der Waals surface area contributed by atoms with Crippen LogP contribution in [0.25, 0.3) is 0 Å². The molecule has 0 bridgehead atoms. The van der Waals surface area contributed by atoms with E-state index in [0.717, 1.165) is 25.7 Å². The highest BCUT2D eigenvalue weighted by molar-refractivity contribution is 7.89. The van der Waals surface area contributed by atoms with Crippen molar-refractivity contribution in [2.45, 2.75) is 30.6 Å². The molecule has 3 rings (SSSR count). The lowest BCUT2D eigenvalue weighted by atomic mass is 10.1. The van der Waals surface area contributed by atoms with E-state index in [0.29, 0.717) is 24.4 Å². The number of carbonyl (C=O) groups excluding carboxylic acids is 2. The van der Waals surface area contributed by atoms with Crippen molar-refractivity contribution in [3.8, 4) is 11.5 Å². The number of Topliss-reactive ketones (excluding diaryl/α,β-unsaturated/α-hetero) is 1. The van der Waals surface area contributed by atoms with Crippen LogP contribution in [-0.4, -0.2) is 58.4 Å². The van der Waals surface area contributed by atoms with Gasteiger partial charge in [0.1, 0.15) is 17.1 Å². The number of ketones is 1. The lowest BCUT2D eigenvalue weighted by Crippen LogP contribution is -2.32. The first-order valence-corrected chi connectivity index (χ1v) is 11.8. The van der Waals surface area contributed by atoms with Crippen LogP contribution in [0, 0.1) is 0 Å². The molecule has 1 aliphatic heterocycles. The fraction of sp³-hybridized carbons (Fsp3) is 0.391. The van der Waals surface area contributed by atoms with Crippen LogP contribution in [0.5, 0.6) is 11.5 Å². The number of sulfonamides is 1. The van der Waals surface area contributed by atoms with E-state index in [1.165, 1.54) is 36.7 Å². The van der Waals surface area contributed by atoms with Crippen LogP contribution in [-0.2, 0) is 14.8 Å². The van der Waals surface area contributed by atoms with Crippen molar-refractivity contribution < 1.29 is 32.2 Å². The minimum absolute atomic E-state index is 0.00590. The maximum absolute atomic E-state index is 13.1. The van der Waals surface area contributed by atoms with E-state index in [2.05, 4.69) is 0 Å². The van der Waals surface area contributed by atoms with Gasteiger partial charge in [0.15, 0.2) is 12.4 Å². The number of esters is 1. The van der Waals surface area contributed by atoms with E-state index in [4.69, 9.17) is 14.2 Å². The summed E-state index contributed by atoms with van der Waals surface area (Å²) >= 11 is 0. The SMILES string of the molecule is COc1ccc(C(=O)COC(=O)c2cc(S(=O)(=O)N3CCCCCC3)ccc2OC)cc1. The van der Waals surface area contributed by atoms with Crippen LogP contribution in [0.4, 0.5) is 0 Å². The summed E-state index contributed by atoms with van der Waals surface area (Å²) < 4.78 is 43.1. The number of hydrogen-bond acceptors (Lipinski definition) is 7. The highest BCUT2D eigenvalue weighted by Gasteiger charge is 2.27. The molecule has 1 heterocycles. The molecule has 0 radical (unpaired) electrons. The molecule has 1 aliphatic rings. The quantitative estimate of drug-likeness (QED) is 0.439. The molecule has 0 spiro atoms. The van der Waals surface area contributed by atoms with Crippen LogP contribution in [0.15, 0.2) is 47.4 Å². The summed E-state index contributed by atoms with van der Waals surface area (Å²) in [6.07, 6.45) is 3.60. The van der Waals surface area contributed by atoms with Crippen molar-refractivity contribution in [3.63, 3.8) is 0 Å². The normalized spacial score (nSPS) is 14.9. The van der Waals surface area contributed by atoms with Gasteiger partial charge < -0.3 is 14.2 Å². The highest BCUT2D eigenvalue weighted by Crippen LogP contribution is 2.27. The summed E-state index contributed by atoms with van der Waals surface area (Å²) in [4.78, 5) is 25.0. The monoisotopic (exact) mass is 461 g/mol. The Labute approximate surface area is 188 Å². The Balaban J connectivity index is 1.76. The van der Waals surface area contributed by atoms with Crippen LogP contribution in [0.2, 0.25) is 0 Å². The zero-order valence-corrected chi connectivity index (χ0v) is 19.0. The molecule has 2 aromatic rings. The van der Waals surface area contributed by atoms with Crippen molar-refractivity contribution >= 4 is 21.8 Å². The first-order valence-electron chi connectivity index (χ1n) is 10.4. The number of rotatable bonds is 8. The van der Waals surface area contributed by atoms with Gasteiger partial charge in [-0.3, -0.25) is 4.79 Å². The molecule has 1 fully saturated rings. The molecule has 0 unspecified atom stereocenters. The first kappa shape index (κ1) is 23.7. The number of benzene rings is 2. The molecular formula is C23H27NO7S. The summed E-state index contributed by atoms with van der Waals surface area (Å²) in [7, 11) is -0.862. The van der Waals surface area contributed by atoms with E-state index in [9.17, 15) is 18.0 Å². The number of ether oxygens (including phenoxy) is 3. The number of carbonyl (C=O) groups is 2. The number of methoxy groups -OCH3 is 2. The molecule has 172 valence electrons.